The Balaban J connectivity index is 1.42. The predicted molar refractivity (Wildman–Crippen MR) is 122 cm³/mol. The fourth-order valence-electron chi connectivity index (χ4n) is 3.95. The third kappa shape index (κ3) is 6.39. The zero-order valence-electron chi connectivity index (χ0n) is 18.3. The number of phenols is 1. The van der Waals surface area contributed by atoms with Crippen LogP contribution in [0.15, 0.2) is 30.3 Å². The van der Waals surface area contributed by atoms with E-state index in [1.165, 1.54) is 18.9 Å². The molecule has 0 atom stereocenters. The van der Waals surface area contributed by atoms with E-state index in [4.69, 9.17) is 25.8 Å². The van der Waals surface area contributed by atoms with Gasteiger partial charge in [-0.05, 0) is 49.9 Å². The van der Waals surface area contributed by atoms with Gasteiger partial charge in [-0.15, -0.1) is 0 Å². The van der Waals surface area contributed by atoms with Crippen LogP contribution >= 0.6 is 11.6 Å². The number of unbranched alkanes of at least 4 members (excludes halogenated alkanes) is 1. The molecule has 0 bridgehead atoms. The first-order chi connectivity index (χ1) is 15.5. The molecule has 1 fully saturated rings. The first-order valence-electron chi connectivity index (χ1n) is 11.0. The highest BCUT2D eigenvalue weighted by Gasteiger charge is 2.22. The molecule has 0 aliphatic heterocycles. The maximum atomic E-state index is 12.6. The lowest BCUT2D eigenvalue weighted by Gasteiger charge is -2.14. The van der Waals surface area contributed by atoms with Crippen LogP contribution in [0.4, 0.5) is 0 Å². The minimum atomic E-state index is 0.00520. The number of aromatic hydroxyl groups is 1. The van der Waals surface area contributed by atoms with E-state index in [0.29, 0.717) is 65.4 Å². The third-order valence-corrected chi connectivity index (χ3v) is 6.07. The summed E-state index contributed by atoms with van der Waals surface area (Å²) in [5.41, 5.74) is 0.972. The van der Waals surface area contributed by atoms with E-state index >= 15 is 0 Å². The van der Waals surface area contributed by atoms with Crippen LogP contribution in [0.2, 0.25) is 5.02 Å². The first-order valence-corrected chi connectivity index (χ1v) is 11.4. The molecule has 0 heterocycles. The number of hydrogen-bond donors (Lipinski definition) is 1. The summed E-state index contributed by atoms with van der Waals surface area (Å²) in [6.07, 6.45) is 6.57. The lowest BCUT2D eigenvalue weighted by molar-refractivity contribution is -0.120. The topological polar surface area (TPSA) is 82.1 Å². The fourth-order valence-corrected chi connectivity index (χ4v) is 4.17. The van der Waals surface area contributed by atoms with E-state index in [0.717, 1.165) is 25.7 Å². The number of ketones is 1. The second-order valence-corrected chi connectivity index (χ2v) is 8.48. The van der Waals surface area contributed by atoms with E-state index in [1.54, 1.807) is 31.2 Å². The van der Waals surface area contributed by atoms with Gasteiger partial charge in [0.05, 0.1) is 23.8 Å². The molecule has 0 amide bonds. The summed E-state index contributed by atoms with van der Waals surface area (Å²) in [6, 6.07) is 8.20. The minimum Gasteiger partial charge on any atom is -0.507 e. The summed E-state index contributed by atoms with van der Waals surface area (Å²) < 4.78 is 16.2. The van der Waals surface area contributed by atoms with Gasteiger partial charge in [-0.25, -0.2) is 0 Å². The van der Waals surface area contributed by atoms with Gasteiger partial charge in [0.2, 0.25) is 0 Å². The standard InChI is InChI=1S/C25H29ClO6/c1-17-23(11-9-20(25(17)29)22(28)14-18-6-2-3-7-18)30-12-4-5-13-31-24-10-8-19(32-16-27)15-21(24)26/h8-11,15-16,18,29H,2-7,12-14H2,1H3. The second kappa shape index (κ2) is 11.8. The van der Waals surface area contributed by atoms with Gasteiger partial charge in [0.1, 0.15) is 23.0 Å². The Morgan fingerprint density at radius 2 is 1.75 bits per heavy atom. The van der Waals surface area contributed by atoms with Gasteiger partial charge in [-0.3, -0.25) is 9.59 Å². The van der Waals surface area contributed by atoms with Gasteiger partial charge in [-0.1, -0.05) is 37.3 Å². The van der Waals surface area contributed by atoms with E-state index in [9.17, 15) is 14.7 Å². The summed E-state index contributed by atoms with van der Waals surface area (Å²) in [7, 11) is 0. The fraction of sp³-hybridized carbons (Fsp3) is 0.440. The van der Waals surface area contributed by atoms with E-state index in [1.807, 2.05) is 0 Å². The van der Waals surface area contributed by atoms with Crippen molar-refractivity contribution in [3.63, 3.8) is 0 Å². The normalized spacial score (nSPS) is 13.7. The van der Waals surface area contributed by atoms with Crippen molar-refractivity contribution in [2.24, 2.45) is 5.92 Å². The zero-order chi connectivity index (χ0) is 22.9. The number of carbonyl (C=O) groups excluding carboxylic acids is 2. The lowest BCUT2D eigenvalue weighted by Crippen LogP contribution is -2.08. The van der Waals surface area contributed by atoms with Crippen LogP contribution in [0.5, 0.6) is 23.0 Å². The Morgan fingerprint density at radius 3 is 2.41 bits per heavy atom. The smallest absolute Gasteiger partial charge is 0.298 e. The molecule has 172 valence electrons. The lowest BCUT2D eigenvalue weighted by atomic mass is 9.95. The van der Waals surface area contributed by atoms with Gasteiger partial charge in [0.15, 0.2) is 5.78 Å². The highest BCUT2D eigenvalue weighted by Crippen LogP contribution is 2.34. The zero-order valence-corrected chi connectivity index (χ0v) is 19.0. The number of Topliss-reactive ketones (excluding diaryl/α,β-unsaturated/α-hetero) is 1. The minimum absolute atomic E-state index is 0.00520. The van der Waals surface area contributed by atoms with Crippen molar-refractivity contribution in [1.82, 2.24) is 0 Å². The van der Waals surface area contributed by atoms with Gasteiger partial charge < -0.3 is 19.3 Å². The molecule has 1 aliphatic carbocycles. The number of carbonyl (C=O) groups is 2. The van der Waals surface area contributed by atoms with Gasteiger partial charge in [0, 0.05) is 18.1 Å². The molecule has 1 saturated carbocycles. The number of phenolic OH excluding ortho intramolecular Hbond substituents is 1. The van der Waals surface area contributed by atoms with Crippen LogP contribution in [0.25, 0.3) is 0 Å². The molecule has 1 aliphatic rings. The van der Waals surface area contributed by atoms with Gasteiger partial charge in [0.25, 0.3) is 6.47 Å². The number of rotatable bonds is 12. The Bertz CT molecular complexity index is 936. The second-order valence-electron chi connectivity index (χ2n) is 8.07. The molecule has 0 radical (unpaired) electrons. The van der Waals surface area contributed by atoms with Crippen molar-refractivity contribution in [1.29, 1.82) is 0 Å². The molecular weight excluding hydrogens is 432 g/mol. The van der Waals surface area contributed by atoms with Crippen LogP contribution in [-0.2, 0) is 4.79 Å². The Kier molecular flexibility index (Phi) is 8.80. The van der Waals surface area contributed by atoms with Crippen molar-refractivity contribution in [3.05, 3.63) is 46.5 Å². The molecule has 0 unspecified atom stereocenters. The number of hydrogen-bond acceptors (Lipinski definition) is 6. The molecule has 0 spiro atoms. The largest absolute Gasteiger partial charge is 0.507 e. The van der Waals surface area contributed by atoms with Crippen LogP contribution in [-0.4, -0.2) is 30.6 Å². The summed E-state index contributed by atoms with van der Waals surface area (Å²) in [4.78, 5) is 22.9. The monoisotopic (exact) mass is 460 g/mol. The third-order valence-electron chi connectivity index (χ3n) is 5.77. The molecule has 7 heteroatoms. The molecule has 3 rings (SSSR count). The molecule has 32 heavy (non-hydrogen) atoms. The number of benzene rings is 2. The van der Waals surface area contributed by atoms with E-state index in [2.05, 4.69) is 0 Å². The quantitative estimate of drug-likeness (QED) is 0.241. The predicted octanol–water partition coefficient (Wildman–Crippen LogP) is 5.89. The van der Waals surface area contributed by atoms with Crippen LogP contribution in [0.1, 0.15) is 60.9 Å². The molecular formula is C25H29ClO6. The SMILES string of the molecule is Cc1c(OCCCCOc2ccc(OC=O)cc2Cl)ccc(C(=O)CC2CCCC2)c1O. The highest BCUT2D eigenvalue weighted by molar-refractivity contribution is 6.32. The van der Waals surface area contributed by atoms with Crippen LogP contribution < -0.4 is 14.2 Å². The molecule has 0 saturated heterocycles. The van der Waals surface area contributed by atoms with Crippen molar-refractivity contribution in [2.75, 3.05) is 13.2 Å². The molecule has 6 nitrogen and oxygen atoms in total. The summed E-state index contributed by atoms with van der Waals surface area (Å²) in [5, 5.41) is 10.9. The van der Waals surface area contributed by atoms with Crippen molar-refractivity contribution < 1.29 is 28.9 Å². The van der Waals surface area contributed by atoms with E-state index < -0.39 is 0 Å². The maximum absolute atomic E-state index is 12.6. The molecule has 1 N–H and O–H groups in total. The average Bonchev–Trinajstić information content (AvgIpc) is 3.28. The average molecular weight is 461 g/mol. The molecule has 2 aromatic carbocycles. The van der Waals surface area contributed by atoms with Crippen LogP contribution in [0.3, 0.4) is 0 Å². The molecule has 0 aromatic heterocycles. The van der Waals surface area contributed by atoms with Crippen LogP contribution in [0, 0.1) is 12.8 Å². The van der Waals surface area contributed by atoms with E-state index in [-0.39, 0.29) is 11.5 Å². The summed E-state index contributed by atoms with van der Waals surface area (Å²) >= 11 is 6.11. The Hall–Kier alpha value is -2.73. The molecule has 2 aromatic rings. The highest BCUT2D eigenvalue weighted by atomic mass is 35.5. The Morgan fingerprint density at radius 1 is 1.09 bits per heavy atom. The summed E-state index contributed by atoms with van der Waals surface area (Å²) in [6.45, 7) is 3.02. The van der Waals surface area contributed by atoms with Gasteiger partial charge in [-0.2, -0.15) is 0 Å². The van der Waals surface area contributed by atoms with Gasteiger partial charge >= 0.3 is 0 Å². The van der Waals surface area contributed by atoms with Crippen molar-refractivity contribution in [3.8, 4) is 23.0 Å². The summed E-state index contributed by atoms with van der Waals surface area (Å²) in [5.74, 6) is 1.92. The van der Waals surface area contributed by atoms with Crippen molar-refractivity contribution >= 4 is 23.9 Å². The maximum Gasteiger partial charge on any atom is 0.298 e. The number of ether oxygens (including phenoxy) is 3. The number of halogens is 1. The first kappa shape index (κ1) is 23.9. The van der Waals surface area contributed by atoms with Crippen molar-refractivity contribution in [2.45, 2.75) is 51.9 Å². The Labute approximate surface area is 193 Å².